The molecule has 0 atom stereocenters. The van der Waals surface area contributed by atoms with Crippen molar-refractivity contribution < 1.29 is 4.42 Å². The molecule has 0 aliphatic heterocycles. The summed E-state index contributed by atoms with van der Waals surface area (Å²) in [5, 5.41) is 3.31. The van der Waals surface area contributed by atoms with Gasteiger partial charge in [0.1, 0.15) is 6.26 Å². The zero-order valence-electron chi connectivity index (χ0n) is 9.90. The lowest BCUT2D eigenvalue weighted by molar-refractivity contribution is 0.560. The van der Waals surface area contributed by atoms with E-state index in [4.69, 9.17) is 4.42 Å². The fourth-order valence-corrected chi connectivity index (χ4v) is 1.78. The Morgan fingerprint density at radius 3 is 2.65 bits per heavy atom. The van der Waals surface area contributed by atoms with Crippen LogP contribution in [0.1, 0.15) is 19.5 Å². The zero-order valence-corrected chi connectivity index (χ0v) is 12.1. The van der Waals surface area contributed by atoms with Crippen LogP contribution in [0.25, 0.3) is 11.5 Å². The van der Waals surface area contributed by atoms with E-state index in [-0.39, 0.29) is 0 Å². The molecular formula is C13H15IN2O. The molecule has 17 heavy (non-hydrogen) atoms. The molecule has 0 unspecified atom stereocenters. The molecule has 0 amide bonds. The van der Waals surface area contributed by atoms with Gasteiger partial charge in [-0.15, -0.1) is 0 Å². The summed E-state index contributed by atoms with van der Waals surface area (Å²) in [6.45, 7) is 4.96. The molecule has 0 radical (unpaired) electrons. The number of oxazole rings is 1. The number of hydrogen-bond donors (Lipinski definition) is 1. The van der Waals surface area contributed by atoms with Crippen LogP contribution in [-0.4, -0.2) is 11.0 Å². The number of benzene rings is 1. The Kier molecular flexibility index (Phi) is 4.17. The molecule has 90 valence electrons. The van der Waals surface area contributed by atoms with Gasteiger partial charge < -0.3 is 9.73 Å². The fourth-order valence-electron chi connectivity index (χ4n) is 1.42. The standard InChI is InChI=1S/C13H15IN2O/c1-9(2)15-7-12-8-17-13(16-12)10-3-5-11(14)6-4-10/h3-6,8-9,15H,7H2,1-2H3. The summed E-state index contributed by atoms with van der Waals surface area (Å²) in [5.41, 5.74) is 1.95. The average Bonchev–Trinajstić information content (AvgIpc) is 2.76. The quantitative estimate of drug-likeness (QED) is 0.865. The molecule has 1 aromatic heterocycles. The van der Waals surface area contributed by atoms with Crippen LogP contribution in [0.4, 0.5) is 0 Å². The number of hydrogen-bond acceptors (Lipinski definition) is 3. The Labute approximate surface area is 115 Å². The number of halogens is 1. The van der Waals surface area contributed by atoms with E-state index in [9.17, 15) is 0 Å². The van der Waals surface area contributed by atoms with E-state index in [1.807, 2.05) is 24.3 Å². The largest absolute Gasteiger partial charge is 0.444 e. The maximum absolute atomic E-state index is 5.47. The van der Waals surface area contributed by atoms with Crippen molar-refractivity contribution in [1.29, 1.82) is 0 Å². The summed E-state index contributed by atoms with van der Waals surface area (Å²) in [6, 6.07) is 8.59. The van der Waals surface area contributed by atoms with E-state index in [0.29, 0.717) is 11.9 Å². The van der Waals surface area contributed by atoms with Gasteiger partial charge in [-0.05, 0) is 46.9 Å². The minimum Gasteiger partial charge on any atom is -0.444 e. The van der Waals surface area contributed by atoms with Crippen molar-refractivity contribution in [3.05, 3.63) is 39.8 Å². The van der Waals surface area contributed by atoms with E-state index in [1.54, 1.807) is 6.26 Å². The van der Waals surface area contributed by atoms with Gasteiger partial charge in [-0.25, -0.2) is 4.98 Å². The van der Waals surface area contributed by atoms with Crippen LogP contribution in [0.5, 0.6) is 0 Å². The number of rotatable bonds is 4. The smallest absolute Gasteiger partial charge is 0.226 e. The average molecular weight is 342 g/mol. The van der Waals surface area contributed by atoms with Gasteiger partial charge >= 0.3 is 0 Å². The second-order valence-electron chi connectivity index (χ2n) is 4.19. The first-order valence-corrected chi connectivity index (χ1v) is 6.67. The molecule has 0 saturated carbocycles. The van der Waals surface area contributed by atoms with Crippen molar-refractivity contribution >= 4 is 22.6 Å². The lowest BCUT2D eigenvalue weighted by Crippen LogP contribution is -2.21. The predicted molar refractivity (Wildman–Crippen MR) is 76.6 cm³/mol. The minimum absolute atomic E-state index is 0.452. The van der Waals surface area contributed by atoms with Crippen LogP contribution in [0, 0.1) is 3.57 Å². The minimum atomic E-state index is 0.452. The summed E-state index contributed by atoms with van der Waals surface area (Å²) in [7, 11) is 0. The third kappa shape index (κ3) is 3.54. The van der Waals surface area contributed by atoms with Crippen molar-refractivity contribution in [3.63, 3.8) is 0 Å². The first kappa shape index (κ1) is 12.6. The predicted octanol–water partition coefficient (Wildman–Crippen LogP) is 3.44. The summed E-state index contributed by atoms with van der Waals surface area (Å²) in [4.78, 5) is 4.45. The highest BCUT2D eigenvalue weighted by molar-refractivity contribution is 14.1. The lowest BCUT2D eigenvalue weighted by atomic mass is 10.2. The Hall–Kier alpha value is -0.880. The molecule has 0 saturated heterocycles. The normalized spacial score (nSPS) is 11.1. The Morgan fingerprint density at radius 1 is 1.29 bits per heavy atom. The van der Waals surface area contributed by atoms with Crippen molar-refractivity contribution in [2.75, 3.05) is 0 Å². The summed E-state index contributed by atoms with van der Waals surface area (Å²) >= 11 is 2.28. The summed E-state index contributed by atoms with van der Waals surface area (Å²) in [6.07, 6.45) is 1.71. The van der Waals surface area contributed by atoms with Gasteiger partial charge in [-0.3, -0.25) is 0 Å². The SMILES string of the molecule is CC(C)NCc1coc(-c2ccc(I)cc2)n1. The third-order valence-electron chi connectivity index (χ3n) is 2.33. The van der Waals surface area contributed by atoms with Gasteiger partial charge in [-0.2, -0.15) is 0 Å². The van der Waals surface area contributed by atoms with E-state index in [1.165, 1.54) is 3.57 Å². The van der Waals surface area contributed by atoms with Crippen LogP contribution in [0.2, 0.25) is 0 Å². The van der Waals surface area contributed by atoms with Crippen LogP contribution >= 0.6 is 22.6 Å². The van der Waals surface area contributed by atoms with Gasteiger partial charge in [0.2, 0.25) is 5.89 Å². The molecule has 0 aliphatic rings. The number of nitrogens with one attached hydrogen (secondary N) is 1. The number of nitrogens with zero attached hydrogens (tertiary/aromatic N) is 1. The zero-order chi connectivity index (χ0) is 12.3. The first-order valence-electron chi connectivity index (χ1n) is 5.59. The molecule has 1 aromatic carbocycles. The molecular weight excluding hydrogens is 327 g/mol. The third-order valence-corrected chi connectivity index (χ3v) is 3.05. The Balaban J connectivity index is 2.10. The van der Waals surface area contributed by atoms with Crippen molar-refractivity contribution in [1.82, 2.24) is 10.3 Å². The highest BCUT2D eigenvalue weighted by atomic mass is 127. The van der Waals surface area contributed by atoms with Crippen LogP contribution in [0.15, 0.2) is 34.9 Å². The van der Waals surface area contributed by atoms with E-state index < -0.39 is 0 Å². The molecule has 0 aliphatic carbocycles. The van der Waals surface area contributed by atoms with Crippen molar-refractivity contribution in [2.45, 2.75) is 26.4 Å². The highest BCUT2D eigenvalue weighted by Gasteiger charge is 2.06. The summed E-state index contributed by atoms with van der Waals surface area (Å²) in [5.74, 6) is 0.682. The van der Waals surface area contributed by atoms with E-state index >= 15 is 0 Å². The van der Waals surface area contributed by atoms with Gasteiger partial charge in [-0.1, -0.05) is 13.8 Å². The Morgan fingerprint density at radius 2 is 2.00 bits per heavy atom. The topological polar surface area (TPSA) is 38.1 Å². The maximum atomic E-state index is 5.47. The van der Waals surface area contributed by atoms with E-state index in [0.717, 1.165) is 17.8 Å². The molecule has 1 heterocycles. The number of aromatic nitrogens is 1. The summed E-state index contributed by atoms with van der Waals surface area (Å²) < 4.78 is 6.68. The van der Waals surface area contributed by atoms with Crippen molar-refractivity contribution in [2.24, 2.45) is 0 Å². The first-order chi connectivity index (χ1) is 8.15. The maximum Gasteiger partial charge on any atom is 0.226 e. The molecule has 0 bridgehead atoms. The van der Waals surface area contributed by atoms with Crippen LogP contribution in [-0.2, 0) is 6.54 Å². The lowest BCUT2D eigenvalue weighted by Gasteiger charge is -2.04. The molecule has 0 spiro atoms. The second-order valence-corrected chi connectivity index (χ2v) is 5.43. The van der Waals surface area contributed by atoms with Gasteiger partial charge in [0.05, 0.1) is 5.69 Å². The van der Waals surface area contributed by atoms with Crippen LogP contribution < -0.4 is 5.32 Å². The molecule has 4 heteroatoms. The van der Waals surface area contributed by atoms with Gasteiger partial charge in [0, 0.05) is 21.7 Å². The van der Waals surface area contributed by atoms with Gasteiger partial charge in [0.15, 0.2) is 0 Å². The van der Waals surface area contributed by atoms with Crippen molar-refractivity contribution in [3.8, 4) is 11.5 Å². The molecule has 1 N–H and O–H groups in total. The fraction of sp³-hybridized carbons (Fsp3) is 0.308. The molecule has 0 fully saturated rings. The molecule has 2 aromatic rings. The molecule has 2 rings (SSSR count). The Bertz CT molecular complexity index is 476. The monoisotopic (exact) mass is 342 g/mol. The molecule has 3 nitrogen and oxygen atoms in total. The van der Waals surface area contributed by atoms with Crippen LogP contribution in [0.3, 0.4) is 0 Å². The van der Waals surface area contributed by atoms with Gasteiger partial charge in [0.25, 0.3) is 0 Å². The second kappa shape index (κ2) is 5.64. The van der Waals surface area contributed by atoms with E-state index in [2.05, 4.69) is 46.7 Å². The highest BCUT2D eigenvalue weighted by Crippen LogP contribution is 2.19.